The van der Waals surface area contributed by atoms with Gasteiger partial charge in [-0.1, -0.05) is 12.1 Å². The Kier molecular flexibility index (Phi) is 4.62. The summed E-state index contributed by atoms with van der Waals surface area (Å²) in [5.74, 6) is -0.0960. The van der Waals surface area contributed by atoms with Gasteiger partial charge in [0.05, 0.1) is 10.6 Å². The Bertz CT molecular complexity index is 846. The molecule has 1 aromatic carbocycles. The van der Waals surface area contributed by atoms with Crippen LogP contribution in [-0.4, -0.2) is 15.6 Å². The SMILES string of the molecule is Cc1cccc(N=C2NC(=O)/C(=C\c3cc(C)n(C(C)C)c3)S2)c1. The highest BCUT2D eigenvalue weighted by Gasteiger charge is 2.24. The van der Waals surface area contributed by atoms with Gasteiger partial charge in [0.15, 0.2) is 5.17 Å². The average molecular weight is 339 g/mol. The van der Waals surface area contributed by atoms with Crippen molar-refractivity contribution in [3.8, 4) is 0 Å². The highest BCUT2D eigenvalue weighted by atomic mass is 32.2. The van der Waals surface area contributed by atoms with Crippen LogP contribution in [0, 0.1) is 13.8 Å². The molecule has 0 spiro atoms. The molecule has 2 aromatic rings. The van der Waals surface area contributed by atoms with Gasteiger partial charge in [0.1, 0.15) is 0 Å². The molecule has 4 nitrogen and oxygen atoms in total. The first-order chi connectivity index (χ1) is 11.4. The Labute approximate surface area is 146 Å². The molecule has 1 saturated heterocycles. The number of nitrogens with zero attached hydrogens (tertiary/aromatic N) is 2. The molecule has 5 heteroatoms. The maximum absolute atomic E-state index is 12.2. The lowest BCUT2D eigenvalue weighted by atomic mass is 10.2. The van der Waals surface area contributed by atoms with Gasteiger partial charge in [0.2, 0.25) is 0 Å². The van der Waals surface area contributed by atoms with Crippen LogP contribution in [0.5, 0.6) is 0 Å². The highest BCUT2D eigenvalue weighted by molar-refractivity contribution is 8.18. The summed E-state index contributed by atoms with van der Waals surface area (Å²) in [7, 11) is 0. The molecule has 24 heavy (non-hydrogen) atoms. The van der Waals surface area contributed by atoms with E-state index >= 15 is 0 Å². The van der Waals surface area contributed by atoms with Crippen molar-refractivity contribution in [1.29, 1.82) is 0 Å². The number of benzene rings is 1. The highest BCUT2D eigenvalue weighted by Crippen LogP contribution is 2.29. The second-order valence-corrected chi connectivity index (χ2v) is 7.27. The van der Waals surface area contributed by atoms with Crippen LogP contribution < -0.4 is 5.32 Å². The lowest BCUT2D eigenvalue weighted by molar-refractivity contribution is -0.115. The standard InChI is InChI=1S/C19H21N3OS/c1-12(2)22-11-15(9-14(22)4)10-17-18(23)21-19(24-17)20-16-7-5-6-13(3)8-16/h5-12H,1-4H3,(H,20,21,23)/b17-10+. The molecule has 1 aromatic heterocycles. The van der Waals surface area contributed by atoms with Gasteiger partial charge in [-0.25, -0.2) is 4.99 Å². The van der Waals surface area contributed by atoms with E-state index in [1.807, 2.05) is 37.3 Å². The van der Waals surface area contributed by atoms with Gasteiger partial charge in [-0.05, 0) is 74.9 Å². The fourth-order valence-corrected chi connectivity index (χ4v) is 3.54. The van der Waals surface area contributed by atoms with Crippen molar-refractivity contribution >= 4 is 34.6 Å². The lowest BCUT2D eigenvalue weighted by Crippen LogP contribution is -2.19. The molecule has 0 atom stereocenters. The molecule has 0 saturated carbocycles. The molecular weight excluding hydrogens is 318 g/mol. The zero-order valence-electron chi connectivity index (χ0n) is 14.3. The van der Waals surface area contributed by atoms with E-state index in [0.717, 1.165) is 16.8 Å². The quantitative estimate of drug-likeness (QED) is 0.832. The zero-order valence-corrected chi connectivity index (χ0v) is 15.1. The summed E-state index contributed by atoms with van der Waals surface area (Å²) >= 11 is 1.38. The predicted octanol–water partition coefficient (Wildman–Crippen LogP) is 4.58. The maximum atomic E-state index is 12.2. The number of carbonyl (C=O) groups is 1. The third kappa shape index (κ3) is 3.62. The van der Waals surface area contributed by atoms with Gasteiger partial charge in [0.25, 0.3) is 5.91 Å². The van der Waals surface area contributed by atoms with Crippen molar-refractivity contribution in [3.63, 3.8) is 0 Å². The number of aromatic nitrogens is 1. The van der Waals surface area contributed by atoms with Gasteiger partial charge in [-0.2, -0.15) is 0 Å². The van der Waals surface area contributed by atoms with Crippen LogP contribution in [-0.2, 0) is 4.79 Å². The molecule has 124 valence electrons. The third-order valence-corrected chi connectivity index (χ3v) is 4.72. The minimum atomic E-state index is -0.0960. The molecule has 0 aliphatic carbocycles. The number of aryl methyl sites for hydroxylation is 2. The van der Waals surface area contributed by atoms with Crippen molar-refractivity contribution in [1.82, 2.24) is 9.88 Å². The molecule has 3 rings (SSSR count). The van der Waals surface area contributed by atoms with Gasteiger partial charge in [-0.15, -0.1) is 0 Å². The number of amidine groups is 1. The molecule has 0 radical (unpaired) electrons. The monoisotopic (exact) mass is 339 g/mol. The van der Waals surface area contributed by atoms with E-state index in [-0.39, 0.29) is 5.91 Å². The molecule has 1 aliphatic rings. The number of amides is 1. The lowest BCUT2D eigenvalue weighted by Gasteiger charge is -2.08. The topological polar surface area (TPSA) is 46.4 Å². The number of hydrogen-bond donors (Lipinski definition) is 1. The van der Waals surface area contributed by atoms with Crippen LogP contribution in [0.1, 0.15) is 36.7 Å². The number of hydrogen-bond acceptors (Lipinski definition) is 3. The zero-order chi connectivity index (χ0) is 17.3. The Morgan fingerprint density at radius 1 is 1.25 bits per heavy atom. The van der Waals surface area contributed by atoms with Crippen molar-refractivity contribution in [2.45, 2.75) is 33.7 Å². The van der Waals surface area contributed by atoms with Crippen molar-refractivity contribution in [3.05, 3.63) is 58.3 Å². The first kappa shape index (κ1) is 16.6. The smallest absolute Gasteiger partial charge is 0.264 e. The van der Waals surface area contributed by atoms with Crippen molar-refractivity contribution < 1.29 is 4.79 Å². The van der Waals surface area contributed by atoms with E-state index in [9.17, 15) is 4.79 Å². The van der Waals surface area contributed by atoms with Crippen LogP contribution in [0.15, 0.2) is 46.4 Å². The van der Waals surface area contributed by atoms with E-state index in [1.165, 1.54) is 17.5 Å². The van der Waals surface area contributed by atoms with E-state index < -0.39 is 0 Å². The number of aliphatic imine (C=N–C) groups is 1. The second kappa shape index (κ2) is 6.69. The second-order valence-electron chi connectivity index (χ2n) is 6.24. The van der Waals surface area contributed by atoms with Crippen LogP contribution >= 0.6 is 11.8 Å². The van der Waals surface area contributed by atoms with E-state index in [2.05, 4.69) is 47.9 Å². The molecule has 0 unspecified atom stereocenters. The molecule has 1 N–H and O–H groups in total. The Morgan fingerprint density at radius 2 is 2.04 bits per heavy atom. The molecule has 1 amide bonds. The number of carbonyl (C=O) groups excluding carboxylic acids is 1. The summed E-state index contributed by atoms with van der Waals surface area (Å²) in [5.41, 5.74) is 4.22. The maximum Gasteiger partial charge on any atom is 0.264 e. The van der Waals surface area contributed by atoms with Gasteiger partial charge < -0.3 is 9.88 Å². The van der Waals surface area contributed by atoms with Gasteiger partial charge >= 0.3 is 0 Å². The first-order valence-corrected chi connectivity index (χ1v) is 8.79. The Balaban J connectivity index is 1.83. The number of thioether (sulfide) groups is 1. The van der Waals surface area contributed by atoms with Crippen LogP contribution in [0.3, 0.4) is 0 Å². The Hall–Kier alpha value is -2.27. The molecule has 1 fully saturated rings. The van der Waals surface area contributed by atoms with Crippen LogP contribution in [0.2, 0.25) is 0 Å². The summed E-state index contributed by atoms with van der Waals surface area (Å²) in [6, 6.07) is 10.4. The Morgan fingerprint density at radius 3 is 2.71 bits per heavy atom. The molecule has 2 heterocycles. The largest absolute Gasteiger partial charge is 0.349 e. The molecule has 1 aliphatic heterocycles. The summed E-state index contributed by atoms with van der Waals surface area (Å²) in [4.78, 5) is 17.4. The fourth-order valence-electron chi connectivity index (χ4n) is 2.70. The van der Waals surface area contributed by atoms with Crippen LogP contribution in [0.4, 0.5) is 5.69 Å². The number of nitrogens with one attached hydrogen (secondary N) is 1. The van der Waals surface area contributed by atoms with E-state index in [0.29, 0.717) is 16.1 Å². The van der Waals surface area contributed by atoms with Gasteiger partial charge in [0, 0.05) is 17.9 Å². The van der Waals surface area contributed by atoms with Crippen molar-refractivity contribution in [2.24, 2.45) is 4.99 Å². The summed E-state index contributed by atoms with van der Waals surface area (Å²) < 4.78 is 2.20. The summed E-state index contributed by atoms with van der Waals surface area (Å²) in [6.07, 6.45) is 4.00. The minimum Gasteiger partial charge on any atom is -0.349 e. The van der Waals surface area contributed by atoms with Crippen LogP contribution in [0.25, 0.3) is 6.08 Å². The summed E-state index contributed by atoms with van der Waals surface area (Å²) in [6.45, 7) is 8.40. The fraction of sp³-hybridized carbons (Fsp3) is 0.263. The predicted molar refractivity (Wildman–Crippen MR) is 102 cm³/mol. The number of rotatable bonds is 3. The molecular formula is C19H21N3OS. The van der Waals surface area contributed by atoms with Gasteiger partial charge in [-0.3, -0.25) is 4.79 Å². The average Bonchev–Trinajstić information content (AvgIpc) is 3.02. The third-order valence-electron chi connectivity index (χ3n) is 3.81. The molecule has 0 bridgehead atoms. The van der Waals surface area contributed by atoms with Crippen molar-refractivity contribution in [2.75, 3.05) is 0 Å². The normalized spacial score (nSPS) is 18.0. The first-order valence-electron chi connectivity index (χ1n) is 7.97. The minimum absolute atomic E-state index is 0.0960. The summed E-state index contributed by atoms with van der Waals surface area (Å²) in [5, 5.41) is 3.46. The van der Waals surface area contributed by atoms with E-state index in [1.54, 1.807) is 0 Å². The van der Waals surface area contributed by atoms with E-state index in [4.69, 9.17) is 0 Å².